The summed E-state index contributed by atoms with van der Waals surface area (Å²) in [6, 6.07) is 8.30. The first-order valence-corrected chi connectivity index (χ1v) is 7.91. The van der Waals surface area contributed by atoms with Crippen molar-refractivity contribution in [3.8, 4) is 11.1 Å². The van der Waals surface area contributed by atoms with Gasteiger partial charge in [0.2, 0.25) is 0 Å². The van der Waals surface area contributed by atoms with E-state index in [9.17, 15) is 0 Å². The first kappa shape index (κ1) is 15.4. The summed E-state index contributed by atoms with van der Waals surface area (Å²) in [5, 5.41) is 3.46. The number of aromatic nitrogens is 2. The van der Waals surface area contributed by atoms with E-state index in [4.69, 9.17) is 7.49 Å². The predicted octanol–water partition coefficient (Wildman–Crippen LogP) is 2.81. The van der Waals surface area contributed by atoms with E-state index in [1.165, 1.54) is 16.6 Å². The summed E-state index contributed by atoms with van der Waals surface area (Å²) >= 11 is 0. The molecule has 0 aliphatic carbocycles. The third-order valence-electron chi connectivity index (χ3n) is 4.23. The zero-order valence-electron chi connectivity index (χ0n) is 13.6. The number of allylic oxidation sites excluding steroid dienone is 1. The number of fused-ring (bicyclic) bond motifs is 1. The summed E-state index contributed by atoms with van der Waals surface area (Å²) < 4.78 is 0. The molecule has 2 aromatic heterocycles. The average Bonchev–Trinajstić information content (AvgIpc) is 3.12. The van der Waals surface area contributed by atoms with Gasteiger partial charge in [0, 0.05) is 0 Å². The molecule has 3 heteroatoms. The number of aryl methyl sites for hydroxylation is 1. The Labute approximate surface area is 137 Å². The standard InChI is InChI=1S/C20H20BN2/c1-4-9-13-15(5-2)22-16(6-3)19(13)20-14-10-7-8-11-17(14)23-18(20)12-21/h4-5,7-12,22-23H,1,6H2,2-3H3/b13-9+,15-5+. The van der Waals surface area contributed by atoms with Gasteiger partial charge in [-0.2, -0.15) is 0 Å². The molecule has 1 aromatic carbocycles. The summed E-state index contributed by atoms with van der Waals surface area (Å²) in [6.07, 6.45) is 6.91. The molecule has 2 heterocycles. The van der Waals surface area contributed by atoms with Crippen molar-refractivity contribution in [3.63, 3.8) is 0 Å². The third-order valence-corrected chi connectivity index (χ3v) is 4.23. The van der Waals surface area contributed by atoms with Crippen molar-refractivity contribution in [3.05, 3.63) is 58.9 Å². The molecule has 2 nitrogen and oxygen atoms in total. The maximum atomic E-state index is 5.90. The minimum absolute atomic E-state index is 0.921. The van der Waals surface area contributed by atoms with Gasteiger partial charge in [-0.1, -0.05) is 0 Å². The number of para-hydroxylation sites is 1. The number of rotatable bonds is 4. The summed E-state index contributed by atoms with van der Waals surface area (Å²) in [5.41, 5.74) is 5.60. The molecule has 0 aliphatic heterocycles. The predicted molar refractivity (Wildman–Crippen MR) is 102 cm³/mol. The van der Waals surface area contributed by atoms with Crippen LogP contribution in [-0.4, -0.2) is 23.4 Å². The van der Waals surface area contributed by atoms with Crippen LogP contribution in [0, 0.1) is 0 Å². The van der Waals surface area contributed by atoms with Gasteiger partial charge in [0.25, 0.3) is 0 Å². The monoisotopic (exact) mass is 299 g/mol. The molecule has 2 N–H and O–H groups in total. The molecule has 0 spiro atoms. The Morgan fingerprint density at radius 3 is 2.61 bits per heavy atom. The van der Waals surface area contributed by atoms with Crippen LogP contribution < -0.4 is 10.6 Å². The van der Waals surface area contributed by atoms with Crippen molar-refractivity contribution in [1.82, 2.24) is 9.97 Å². The molecule has 23 heavy (non-hydrogen) atoms. The molecule has 0 atom stereocenters. The molecule has 0 saturated carbocycles. The number of H-pyrrole nitrogens is 2. The van der Waals surface area contributed by atoms with Crippen LogP contribution in [0.2, 0.25) is 0 Å². The summed E-state index contributed by atoms with van der Waals surface area (Å²) in [4.78, 5) is 6.95. The Balaban J connectivity index is 2.54. The second-order valence-corrected chi connectivity index (χ2v) is 5.48. The quantitative estimate of drug-likeness (QED) is 0.694. The average molecular weight is 299 g/mol. The van der Waals surface area contributed by atoms with Gasteiger partial charge in [0.1, 0.15) is 0 Å². The van der Waals surface area contributed by atoms with Crippen LogP contribution in [-0.2, 0) is 6.42 Å². The van der Waals surface area contributed by atoms with Gasteiger partial charge in [-0.05, 0) is 0 Å². The zero-order chi connectivity index (χ0) is 16.4. The first-order chi connectivity index (χ1) is 11.2. The van der Waals surface area contributed by atoms with Crippen molar-refractivity contribution in [2.75, 3.05) is 0 Å². The number of hydrogen-bond acceptors (Lipinski definition) is 0. The van der Waals surface area contributed by atoms with E-state index in [1.54, 1.807) is 5.97 Å². The molecule has 0 bridgehead atoms. The van der Waals surface area contributed by atoms with E-state index in [1.807, 2.05) is 19.1 Å². The van der Waals surface area contributed by atoms with Gasteiger partial charge in [0.15, 0.2) is 0 Å². The first-order valence-electron chi connectivity index (χ1n) is 7.91. The van der Waals surface area contributed by atoms with Crippen LogP contribution in [0.4, 0.5) is 0 Å². The number of hydrogen-bond donors (Lipinski definition) is 2. The zero-order valence-corrected chi connectivity index (χ0v) is 13.6. The van der Waals surface area contributed by atoms with Crippen molar-refractivity contribution < 1.29 is 0 Å². The molecule has 0 unspecified atom stereocenters. The van der Waals surface area contributed by atoms with E-state index in [2.05, 4.69) is 53.8 Å². The Morgan fingerprint density at radius 1 is 1.17 bits per heavy atom. The summed E-state index contributed by atoms with van der Waals surface area (Å²) in [5.74, 6) is 1.65. The van der Waals surface area contributed by atoms with Crippen LogP contribution in [0.3, 0.4) is 0 Å². The van der Waals surface area contributed by atoms with Gasteiger partial charge in [-0.15, -0.1) is 0 Å². The van der Waals surface area contributed by atoms with E-state index in [0.29, 0.717) is 0 Å². The van der Waals surface area contributed by atoms with Crippen LogP contribution in [0.15, 0.2) is 36.9 Å². The van der Waals surface area contributed by atoms with Gasteiger partial charge in [-0.25, -0.2) is 0 Å². The fourth-order valence-corrected chi connectivity index (χ4v) is 3.22. The van der Waals surface area contributed by atoms with Gasteiger partial charge >= 0.3 is 137 Å². The number of benzene rings is 1. The molecule has 0 aliphatic rings. The van der Waals surface area contributed by atoms with Crippen LogP contribution >= 0.6 is 0 Å². The molecular weight excluding hydrogens is 279 g/mol. The molecule has 0 amide bonds. The second kappa shape index (κ2) is 6.29. The number of nitrogens with one attached hydrogen (secondary N) is 2. The maximum absolute atomic E-state index is 5.90. The van der Waals surface area contributed by atoms with Gasteiger partial charge < -0.3 is 0 Å². The van der Waals surface area contributed by atoms with Crippen LogP contribution in [0.5, 0.6) is 0 Å². The van der Waals surface area contributed by atoms with E-state index in [-0.39, 0.29) is 0 Å². The molecule has 0 saturated heterocycles. The molecule has 3 rings (SSSR count). The van der Waals surface area contributed by atoms with Crippen molar-refractivity contribution in [2.24, 2.45) is 0 Å². The van der Waals surface area contributed by atoms with Crippen molar-refractivity contribution >= 4 is 36.5 Å². The van der Waals surface area contributed by atoms with Gasteiger partial charge in [-0.3, -0.25) is 0 Å². The Morgan fingerprint density at radius 2 is 1.96 bits per heavy atom. The van der Waals surface area contributed by atoms with E-state index < -0.39 is 0 Å². The fourth-order valence-electron chi connectivity index (χ4n) is 3.22. The van der Waals surface area contributed by atoms with E-state index in [0.717, 1.165) is 33.8 Å². The molecule has 3 aromatic rings. The molecule has 113 valence electrons. The van der Waals surface area contributed by atoms with Crippen LogP contribution in [0.25, 0.3) is 34.2 Å². The second-order valence-electron chi connectivity index (χ2n) is 5.48. The summed E-state index contributed by atoms with van der Waals surface area (Å²) in [7, 11) is 5.90. The van der Waals surface area contributed by atoms with Crippen molar-refractivity contribution in [2.45, 2.75) is 20.3 Å². The summed E-state index contributed by atoms with van der Waals surface area (Å²) in [6.45, 7) is 8.07. The fraction of sp³-hybridized carbons (Fsp3) is 0.150. The van der Waals surface area contributed by atoms with Gasteiger partial charge in [0.05, 0.1) is 0 Å². The SMILES string of the molecule is [B]=Cc1[nH]c2ccccc2c1-c1c(CC)[nH]c(=C/C)/c1=C\C=C. The van der Waals surface area contributed by atoms with E-state index >= 15 is 0 Å². The topological polar surface area (TPSA) is 31.6 Å². The molecule has 1 radical (unpaired) electrons. The number of aromatic amines is 2. The third kappa shape index (κ3) is 2.42. The Hall–Kier alpha value is -2.55. The molecular formula is C20H20BN2. The van der Waals surface area contributed by atoms with Crippen LogP contribution in [0.1, 0.15) is 25.2 Å². The Kier molecular flexibility index (Phi) is 4.20. The minimum atomic E-state index is 0.921. The normalized spacial score (nSPS) is 12.9. The van der Waals surface area contributed by atoms with Crippen molar-refractivity contribution in [1.29, 1.82) is 0 Å². The molecule has 0 fully saturated rings. The Bertz CT molecular complexity index is 1000.